The summed E-state index contributed by atoms with van der Waals surface area (Å²) in [5.41, 5.74) is 0. The fraction of sp³-hybridized carbons (Fsp3) is 0.455. The predicted molar refractivity (Wildman–Crippen MR) is 159 cm³/mol. The lowest BCUT2D eigenvalue weighted by Gasteiger charge is -2.17. The van der Waals surface area contributed by atoms with E-state index in [-0.39, 0.29) is 19.4 Å². The molecule has 0 amide bonds. The van der Waals surface area contributed by atoms with Gasteiger partial charge in [0.15, 0.2) is 0 Å². The van der Waals surface area contributed by atoms with Crippen molar-refractivity contribution in [2.75, 3.05) is 39.6 Å². The van der Waals surface area contributed by atoms with Crippen LogP contribution < -0.4 is 9.47 Å². The van der Waals surface area contributed by atoms with Crippen molar-refractivity contribution in [1.29, 1.82) is 0 Å². The van der Waals surface area contributed by atoms with Crippen LogP contribution in [0, 0.1) is 0 Å². The Morgan fingerprint density at radius 2 is 0.971 bits per heavy atom. The summed E-state index contributed by atoms with van der Waals surface area (Å²) >= 11 is 20.8. The molecule has 2 aromatic rings. The Balaban J connectivity index is 2.23. The van der Waals surface area contributed by atoms with E-state index < -0.39 is 9.84 Å². The molecule has 13 heteroatoms. The van der Waals surface area contributed by atoms with Gasteiger partial charge in [-0.2, -0.15) is 0 Å². The molecule has 0 heterocycles. The highest BCUT2D eigenvalue weighted by molar-refractivity contribution is 9.11. The monoisotopic (exact) mass is 890 g/mol. The van der Waals surface area contributed by atoms with E-state index in [0.29, 0.717) is 69.0 Å². The molecule has 0 aromatic heterocycles. The quantitative estimate of drug-likeness (QED) is 0.180. The number of benzene rings is 2. The van der Waals surface area contributed by atoms with E-state index in [9.17, 15) is 8.42 Å². The molecule has 0 saturated heterocycles. The molecule has 35 heavy (non-hydrogen) atoms. The molecule has 2 unspecified atom stereocenters. The minimum Gasteiger partial charge on any atom is -0.490 e. The van der Waals surface area contributed by atoms with Gasteiger partial charge in [0, 0.05) is 13.2 Å². The molecule has 0 fully saturated rings. The minimum absolute atomic E-state index is 0.000845. The summed E-state index contributed by atoms with van der Waals surface area (Å²) in [6, 6.07) is 6.10. The maximum atomic E-state index is 13.4. The molecular formula is C22H24Br6O6S. The van der Waals surface area contributed by atoms with Gasteiger partial charge in [0.05, 0.1) is 50.5 Å². The predicted octanol–water partition coefficient (Wildman–Crippen LogP) is 7.93. The third-order valence-electron chi connectivity index (χ3n) is 4.39. The van der Waals surface area contributed by atoms with Crippen LogP contribution in [-0.2, 0) is 19.3 Å². The van der Waals surface area contributed by atoms with Gasteiger partial charge in [-0.05, 0) is 102 Å². The van der Waals surface area contributed by atoms with Crippen molar-refractivity contribution in [3.63, 3.8) is 0 Å². The number of rotatable bonds is 14. The molecule has 0 aliphatic carbocycles. The summed E-state index contributed by atoms with van der Waals surface area (Å²) in [5, 5.41) is 0. The third kappa shape index (κ3) is 9.49. The third-order valence-corrected chi connectivity index (χ3v) is 9.51. The lowest BCUT2D eigenvalue weighted by molar-refractivity contribution is 0.136. The Bertz CT molecular complexity index is 972. The van der Waals surface area contributed by atoms with Gasteiger partial charge < -0.3 is 18.9 Å². The van der Waals surface area contributed by atoms with Crippen molar-refractivity contribution in [3.05, 3.63) is 42.2 Å². The normalized spacial score (nSPS) is 13.5. The summed E-state index contributed by atoms with van der Waals surface area (Å²) in [6.45, 7) is 6.79. The lowest BCUT2D eigenvalue weighted by atomic mass is 10.3. The van der Waals surface area contributed by atoms with Gasteiger partial charge in [-0.15, -0.1) is 0 Å². The van der Waals surface area contributed by atoms with Crippen LogP contribution in [0.2, 0.25) is 0 Å². The molecule has 0 aliphatic heterocycles. The van der Waals surface area contributed by atoms with E-state index in [1.54, 1.807) is 0 Å². The summed E-state index contributed by atoms with van der Waals surface area (Å²) in [5.74, 6) is 1.01. The maximum Gasteiger partial charge on any atom is 0.206 e. The fourth-order valence-corrected chi connectivity index (χ4v) is 8.17. The topological polar surface area (TPSA) is 71.1 Å². The van der Waals surface area contributed by atoms with Crippen LogP contribution in [0.5, 0.6) is 11.5 Å². The first-order chi connectivity index (χ1) is 16.5. The molecule has 0 saturated carbocycles. The standard InChI is InChI=1S/C22H24Br6O6S/c1-3-31-9-13(23)11-33-21-17(25)5-15(6-18(21)26)35(29,30)16-7-19(27)22(20(28)8-16)34-12-14(24)10-32-4-2/h5-8,13-14H,3-4,9-12H2,1-2H3. The Hall–Kier alpha value is 0.790. The molecule has 6 nitrogen and oxygen atoms in total. The first kappa shape index (κ1) is 32.0. The zero-order chi connectivity index (χ0) is 26.2. The van der Waals surface area contributed by atoms with E-state index in [4.69, 9.17) is 18.9 Å². The van der Waals surface area contributed by atoms with E-state index >= 15 is 0 Å². The van der Waals surface area contributed by atoms with E-state index in [2.05, 4.69) is 95.6 Å². The summed E-state index contributed by atoms with van der Waals surface area (Å²) in [7, 11) is -3.84. The van der Waals surface area contributed by atoms with Crippen LogP contribution in [0.3, 0.4) is 0 Å². The van der Waals surface area contributed by atoms with Crippen LogP contribution in [0.15, 0.2) is 51.9 Å². The van der Waals surface area contributed by atoms with E-state index in [1.165, 1.54) is 24.3 Å². The smallest absolute Gasteiger partial charge is 0.206 e. The molecule has 0 aliphatic rings. The number of ether oxygens (including phenoxy) is 4. The van der Waals surface area contributed by atoms with E-state index in [0.717, 1.165) is 0 Å². The Morgan fingerprint density at radius 1 is 0.657 bits per heavy atom. The van der Waals surface area contributed by atoms with Gasteiger partial charge >= 0.3 is 0 Å². The van der Waals surface area contributed by atoms with Crippen LogP contribution in [0.25, 0.3) is 0 Å². The number of hydrogen-bond acceptors (Lipinski definition) is 6. The van der Waals surface area contributed by atoms with Crippen molar-refractivity contribution in [3.8, 4) is 11.5 Å². The van der Waals surface area contributed by atoms with Gasteiger partial charge in [-0.25, -0.2) is 8.42 Å². The molecular weight excluding hydrogens is 872 g/mol. The highest BCUT2D eigenvalue weighted by Gasteiger charge is 2.24. The van der Waals surface area contributed by atoms with Crippen molar-refractivity contribution in [2.45, 2.75) is 33.3 Å². The first-order valence-corrected chi connectivity index (χ1v) is 16.9. The molecule has 196 valence electrons. The van der Waals surface area contributed by atoms with Gasteiger partial charge in [0.1, 0.15) is 24.7 Å². The molecule has 0 bridgehead atoms. The van der Waals surface area contributed by atoms with Crippen LogP contribution in [0.1, 0.15) is 13.8 Å². The molecule has 2 atom stereocenters. The molecule has 0 spiro atoms. The number of hydrogen-bond donors (Lipinski definition) is 0. The zero-order valence-electron chi connectivity index (χ0n) is 18.8. The molecule has 2 rings (SSSR count). The number of alkyl halides is 2. The summed E-state index contributed by atoms with van der Waals surface area (Å²) in [6.07, 6.45) is 0. The highest BCUT2D eigenvalue weighted by Crippen LogP contribution is 2.41. The number of sulfone groups is 1. The van der Waals surface area contributed by atoms with E-state index in [1.807, 2.05) is 13.8 Å². The lowest BCUT2D eigenvalue weighted by Crippen LogP contribution is -2.18. The minimum atomic E-state index is -3.84. The van der Waals surface area contributed by atoms with Crippen molar-refractivity contribution < 1.29 is 27.4 Å². The maximum absolute atomic E-state index is 13.4. The van der Waals surface area contributed by atoms with Crippen LogP contribution in [0.4, 0.5) is 0 Å². The van der Waals surface area contributed by atoms with Crippen molar-refractivity contribution >= 4 is 105 Å². The Morgan fingerprint density at radius 3 is 1.26 bits per heavy atom. The van der Waals surface area contributed by atoms with Crippen molar-refractivity contribution in [2.24, 2.45) is 0 Å². The van der Waals surface area contributed by atoms with Gasteiger partial charge in [0.2, 0.25) is 9.84 Å². The van der Waals surface area contributed by atoms with Crippen LogP contribution in [-0.4, -0.2) is 57.7 Å². The second-order valence-electron chi connectivity index (χ2n) is 7.07. The average molecular weight is 896 g/mol. The molecule has 0 radical (unpaired) electrons. The number of halogens is 6. The Kier molecular flexibility index (Phi) is 14.1. The second-order valence-corrected chi connectivity index (χ2v) is 15.0. The van der Waals surface area contributed by atoms with Crippen molar-refractivity contribution in [1.82, 2.24) is 0 Å². The van der Waals surface area contributed by atoms with Gasteiger partial charge in [0.25, 0.3) is 0 Å². The van der Waals surface area contributed by atoms with Gasteiger partial charge in [-0.1, -0.05) is 31.9 Å². The SMILES string of the molecule is CCOCC(Br)COc1c(Br)cc(S(=O)(=O)c2cc(Br)c(OCC(Br)COCC)c(Br)c2)cc1Br. The van der Waals surface area contributed by atoms with Gasteiger partial charge in [-0.3, -0.25) is 0 Å². The second kappa shape index (κ2) is 15.4. The average Bonchev–Trinajstić information content (AvgIpc) is 2.79. The zero-order valence-corrected chi connectivity index (χ0v) is 29.2. The highest BCUT2D eigenvalue weighted by atomic mass is 79.9. The molecule has 2 aromatic carbocycles. The molecule has 0 N–H and O–H groups in total. The summed E-state index contributed by atoms with van der Waals surface area (Å²) < 4.78 is 51.4. The Labute approximate surface area is 256 Å². The first-order valence-electron chi connectivity index (χ1n) is 10.4. The van der Waals surface area contributed by atoms with Crippen LogP contribution >= 0.6 is 95.6 Å². The largest absolute Gasteiger partial charge is 0.490 e. The summed E-state index contributed by atoms with van der Waals surface area (Å²) in [4.78, 5) is 0.217. The fourth-order valence-electron chi connectivity index (χ4n) is 2.73.